The molecule has 0 unspecified atom stereocenters. The molecule has 2 aromatic carbocycles. The Hall–Kier alpha value is -3.34. The van der Waals surface area contributed by atoms with Crippen molar-refractivity contribution in [2.45, 2.75) is 32.4 Å². The van der Waals surface area contributed by atoms with Gasteiger partial charge in [0.15, 0.2) is 0 Å². The number of benzene rings is 2. The number of carbonyl (C=O) groups is 2. The van der Waals surface area contributed by atoms with E-state index in [1.54, 1.807) is 38.1 Å². The van der Waals surface area contributed by atoms with Crippen LogP contribution in [-0.2, 0) is 16.0 Å². The molecule has 1 atom stereocenters. The third-order valence-corrected chi connectivity index (χ3v) is 4.41. The van der Waals surface area contributed by atoms with E-state index in [0.29, 0.717) is 0 Å². The number of nitrogens with zero attached hydrogens (tertiary/aromatic N) is 2. The molecule has 0 radical (unpaired) electrons. The fraction of sp³-hybridized carbons (Fsp3) is 0.263. The zero-order valence-electron chi connectivity index (χ0n) is 16.0. The van der Waals surface area contributed by atoms with Crippen molar-refractivity contribution in [1.82, 2.24) is 5.32 Å². The molecular weight excluding hydrogens is 462 g/mol. The molecule has 10 nitrogen and oxygen atoms in total. The second-order valence-corrected chi connectivity index (χ2v) is 7.51. The molecule has 1 N–H and O–H groups in total. The van der Waals surface area contributed by atoms with E-state index in [1.165, 1.54) is 0 Å². The Morgan fingerprint density at radius 2 is 1.57 bits per heavy atom. The normalized spacial score (nSPS) is 11.6. The van der Waals surface area contributed by atoms with E-state index < -0.39 is 45.2 Å². The summed E-state index contributed by atoms with van der Waals surface area (Å²) in [5, 5.41) is 24.6. The highest BCUT2D eigenvalue weighted by molar-refractivity contribution is 9.10. The van der Waals surface area contributed by atoms with Crippen LogP contribution in [0.1, 0.15) is 29.8 Å². The summed E-state index contributed by atoms with van der Waals surface area (Å²) in [5.41, 5.74) is -0.796. The lowest BCUT2D eigenvalue weighted by Gasteiger charge is -2.19. The zero-order valence-corrected chi connectivity index (χ0v) is 17.6. The van der Waals surface area contributed by atoms with Gasteiger partial charge >= 0.3 is 5.97 Å². The van der Waals surface area contributed by atoms with Gasteiger partial charge in [-0.1, -0.05) is 28.1 Å². The largest absolute Gasteiger partial charge is 0.461 e. The maximum Gasteiger partial charge on any atom is 0.329 e. The van der Waals surface area contributed by atoms with Crippen LogP contribution in [0.5, 0.6) is 0 Å². The molecule has 11 heteroatoms. The molecule has 0 fully saturated rings. The minimum atomic E-state index is -1.10. The van der Waals surface area contributed by atoms with Crippen LogP contribution in [-0.4, -0.2) is 33.9 Å². The van der Waals surface area contributed by atoms with Crippen LogP contribution < -0.4 is 5.32 Å². The van der Waals surface area contributed by atoms with E-state index in [0.717, 1.165) is 28.2 Å². The van der Waals surface area contributed by atoms with Crippen LogP contribution in [0.15, 0.2) is 46.9 Å². The highest BCUT2D eigenvalue weighted by atomic mass is 79.9. The Balaban J connectivity index is 2.32. The van der Waals surface area contributed by atoms with Gasteiger partial charge in [0, 0.05) is 23.0 Å². The second kappa shape index (κ2) is 9.92. The van der Waals surface area contributed by atoms with Gasteiger partial charge in [-0.2, -0.15) is 0 Å². The van der Waals surface area contributed by atoms with Crippen molar-refractivity contribution in [2.24, 2.45) is 0 Å². The molecule has 2 rings (SSSR count). The van der Waals surface area contributed by atoms with Gasteiger partial charge in [0.25, 0.3) is 17.3 Å². The van der Waals surface area contributed by atoms with Crippen molar-refractivity contribution in [3.8, 4) is 0 Å². The number of non-ortho nitro benzene ring substituents is 2. The molecule has 0 bridgehead atoms. The molecule has 1 amide bonds. The van der Waals surface area contributed by atoms with Gasteiger partial charge in [-0.3, -0.25) is 25.0 Å². The molecule has 30 heavy (non-hydrogen) atoms. The maximum atomic E-state index is 12.7. The number of esters is 1. The first kappa shape index (κ1) is 22.9. The Bertz CT molecular complexity index is 944. The van der Waals surface area contributed by atoms with E-state index >= 15 is 0 Å². The van der Waals surface area contributed by atoms with E-state index in [9.17, 15) is 29.8 Å². The molecule has 0 aliphatic heterocycles. The van der Waals surface area contributed by atoms with Crippen LogP contribution in [0.4, 0.5) is 11.4 Å². The third-order valence-electron chi connectivity index (χ3n) is 3.88. The highest BCUT2D eigenvalue weighted by Crippen LogP contribution is 2.23. The molecule has 0 spiro atoms. The number of ether oxygens (including phenoxy) is 1. The van der Waals surface area contributed by atoms with Crippen molar-refractivity contribution in [1.29, 1.82) is 0 Å². The van der Waals surface area contributed by atoms with Gasteiger partial charge < -0.3 is 10.1 Å². The molecule has 158 valence electrons. The lowest BCUT2D eigenvalue weighted by molar-refractivity contribution is -0.394. The summed E-state index contributed by atoms with van der Waals surface area (Å²) in [6, 6.07) is 8.52. The third kappa shape index (κ3) is 6.34. The lowest BCUT2D eigenvalue weighted by atomic mass is 10.0. The summed E-state index contributed by atoms with van der Waals surface area (Å²) in [5.74, 6) is -1.56. The number of nitro benzene ring substituents is 2. The molecule has 0 aromatic heterocycles. The summed E-state index contributed by atoms with van der Waals surface area (Å²) in [6.45, 7) is 3.31. The van der Waals surface area contributed by atoms with Gasteiger partial charge in [0.1, 0.15) is 6.04 Å². The summed E-state index contributed by atoms with van der Waals surface area (Å²) in [7, 11) is 0. The fourth-order valence-corrected chi connectivity index (χ4v) is 2.81. The molecule has 0 aliphatic carbocycles. The number of halogens is 1. The second-order valence-electron chi connectivity index (χ2n) is 6.59. The van der Waals surface area contributed by atoms with Gasteiger partial charge in [0.2, 0.25) is 0 Å². The number of rotatable bonds is 8. The van der Waals surface area contributed by atoms with Crippen molar-refractivity contribution in [3.63, 3.8) is 0 Å². The Kier molecular flexibility index (Phi) is 7.59. The Morgan fingerprint density at radius 1 is 1.03 bits per heavy atom. The molecule has 0 saturated heterocycles. The number of amides is 1. The monoisotopic (exact) mass is 479 g/mol. The minimum Gasteiger partial charge on any atom is -0.461 e. The number of carbonyl (C=O) groups excluding carboxylic acids is 2. The van der Waals surface area contributed by atoms with Crippen LogP contribution in [0.3, 0.4) is 0 Å². The SMILES string of the molecule is CC(C)OC(=O)[C@@H](Cc1ccc(Br)cc1)NC(=O)c1cc([N+](=O)[O-])cc([N+](=O)[O-])c1. The van der Waals surface area contributed by atoms with Crippen molar-refractivity contribution < 1.29 is 24.2 Å². The van der Waals surface area contributed by atoms with Gasteiger partial charge in [0.05, 0.1) is 27.6 Å². The van der Waals surface area contributed by atoms with Crippen LogP contribution in [0.25, 0.3) is 0 Å². The first-order valence-corrected chi connectivity index (χ1v) is 9.55. The van der Waals surface area contributed by atoms with Gasteiger partial charge in [-0.05, 0) is 31.5 Å². The zero-order chi connectivity index (χ0) is 22.4. The topological polar surface area (TPSA) is 142 Å². The smallest absolute Gasteiger partial charge is 0.329 e. The standard InChI is InChI=1S/C19H18BrN3O7/c1-11(2)30-19(25)17(7-12-3-5-14(20)6-4-12)21-18(24)13-8-15(22(26)27)10-16(9-13)23(28)29/h3-6,8-11,17H,7H2,1-2H3,(H,21,24)/t17-/m1/s1. The lowest BCUT2D eigenvalue weighted by Crippen LogP contribution is -2.44. The summed E-state index contributed by atoms with van der Waals surface area (Å²) in [4.78, 5) is 45.6. The maximum absolute atomic E-state index is 12.7. The van der Waals surface area contributed by atoms with E-state index in [4.69, 9.17) is 4.74 Å². The molecule has 0 heterocycles. The predicted octanol–water partition coefficient (Wildman–Crippen LogP) is 3.56. The van der Waals surface area contributed by atoms with E-state index in [-0.39, 0.29) is 12.0 Å². The predicted molar refractivity (Wildman–Crippen MR) is 110 cm³/mol. The fourth-order valence-electron chi connectivity index (χ4n) is 2.54. The average molecular weight is 480 g/mol. The number of nitro groups is 2. The van der Waals surface area contributed by atoms with Crippen molar-refractivity contribution in [2.75, 3.05) is 0 Å². The van der Waals surface area contributed by atoms with Crippen LogP contribution >= 0.6 is 15.9 Å². The number of nitrogens with one attached hydrogen (secondary N) is 1. The quantitative estimate of drug-likeness (QED) is 0.346. The van der Waals surface area contributed by atoms with Crippen LogP contribution in [0.2, 0.25) is 0 Å². The van der Waals surface area contributed by atoms with Crippen molar-refractivity contribution >= 4 is 39.2 Å². The van der Waals surface area contributed by atoms with E-state index in [1.807, 2.05) is 0 Å². The van der Waals surface area contributed by atoms with Crippen molar-refractivity contribution in [3.05, 3.63) is 78.3 Å². The Labute approximate surface area is 179 Å². The van der Waals surface area contributed by atoms with Gasteiger partial charge in [-0.25, -0.2) is 4.79 Å². The highest BCUT2D eigenvalue weighted by Gasteiger charge is 2.26. The minimum absolute atomic E-state index is 0.0988. The first-order valence-electron chi connectivity index (χ1n) is 8.76. The first-order chi connectivity index (χ1) is 14.1. The van der Waals surface area contributed by atoms with Crippen LogP contribution in [0, 0.1) is 20.2 Å². The molecular formula is C19H18BrN3O7. The summed E-state index contributed by atoms with van der Waals surface area (Å²) < 4.78 is 6.02. The Morgan fingerprint density at radius 3 is 2.03 bits per heavy atom. The van der Waals surface area contributed by atoms with E-state index in [2.05, 4.69) is 21.2 Å². The summed E-state index contributed by atoms with van der Waals surface area (Å²) >= 11 is 3.31. The molecule has 0 aliphatic rings. The number of hydrogen-bond acceptors (Lipinski definition) is 7. The summed E-state index contributed by atoms with van der Waals surface area (Å²) in [6.07, 6.45) is -0.331. The molecule has 0 saturated carbocycles. The average Bonchev–Trinajstić information content (AvgIpc) is 2.68. The van der Waals surface area contributed by atoms with Gasteiger partial charge in [-0.15, -0.1) is 0 Å². The number of hydrogen-bond donors (Lipinski definition) is 1. The molecule has 2 aromatic rings.